The van der Waals surface area contributed by atoms with Gasteiger partial charge in [-0.15, -0.1) is 11.3 Å². The van der Waals surface area contributed by atoms with Gasteiger partial charge in [-0.1, -0.05) is 27.7 Å². The molecule has 0 atom stereocenters. The second-order valence-electron chi connectivity index (χ2n) is 9.44. The first-order chi connectivity index (χ1) is 14.4. The second kappa shape index (κ2) is 9.03. The Labute approximate surface area is 199 Å². The highest BCUT2D eigenvalue weighted by Crippen LogP contribution is 2.40. The summed E-state index contributed by atoms with van der Waals surface area (Å²) in [7, 11) is 0. The highest BCUT2D eigenvalue weighted by atomic mass is 127. The van der Waals surface area contributed by atoms with Crippen LogP contribution in [0.25, 0.3) is 0 Å². The van der Waals surface area contributed by atoms with Gasteiger partial charge in [-0.05, 0) is 70.1 Å². The van der Waals surface area contributed by atoms with E-state index in [0.29, 0.717) is 47.1 Å². The van der Waals surface area contributed by atoms with Gasteiger partial charge in [0.2, 0.25) is 0 Å². The molecule has 168 valence electrons. The molecule has 0 bridgehead atoms. The Bertz CT molecular complexity index is 1020. The number of hydrogen-bond acceptors (Lipinski definition) is 5. The highest BCUT2D eigenvalue weighted by Gasteiger charge is 2.35. The van der Waals surface area contributed by atoms with Crippen LogP contribution in [0, 0.1) is 20.2 Å². The molecule has 1 aliphatic rings. The molecule has 1 aliphatic heterocycles. The molecule has 1 aromatic carbocycles. The minimum absolute atomic E-state index is 0.210. The SMILES string of the molecule is CC(C)(CN)CNC(=O)c1c(Nc2ccc(I)cc2F)sc2c1CC(C)(C)CNC2=O. The van der Waals surface area contributed by atoms with Gasteiger partial charge in [-0.25, -0.2) is 4.39 Å². The molecular weight excluding hydrogens is 530 g/mol. The Hall–Kier alpha value is -1.72. The van der Waals surface area contributed by atoms with E-state index in [1.54, 1.807) is 12.1 Å². The summed E-state index contributed by atoms with van der Waals surface area (Å²) >= 11 is 3.22. The fraction of sp³-hybridized carbons (Fsp3) is 0.455. The van der Waals surface area contributed by atoms with E-state index in [1.807, 2.05) is 50.3 Å². The summed E-state index contributed by atoms with van der Waals surface area (Å²) in [6.45, 7) is 9.36. The van der Waals surface area contributed by atoms with E-state index in [0.717, 1.165) is 3.57 Å². The number of amides is 2. The van der Waals surface area contributed by atoms with Crippen molar-refractivity contribution in [2.75, 3.05) is 25.0 Å². The maximum Gasteiger partial charge on any atom is 0.261 e. The zero-order valence-electron chi connectivity index (χ0n) is 18.1. The lowest BCUT2D eigenvalue weighted by Gasteiger charge is -2.24. The van der Waals surface area contributed by atoms with Crippen molar-refractivity contribution in [3.63, 3.8) is 0 Å². The van der Waals surface area contributed by atoms with E-state index < -0.39 is 5.82 Å². The van der Waals surface area contributed by atoms with Crippen LogP contribution in [0.3, 0.4) is 0 Å². The van der Waals surface area contributed by atoms with Gasteiger partial charge in [0.1, 0.15) is 10.8 Å². The molecule has 0 fully saturated rings. The number of hydrogen-bond donors (Lipinski definition) is 4. The second-order valence-corrected chi connectivity index (χ2v) is 11.7. The summed E-state index contributed by atoms with van der Waals surface area (Å²) < 4.78 is 15.3. The Balaban J connectivity index is 2.06. The third-order valence-corrected chi connectivity index (χ3v) is 7.10. The molecule has 31 heavy (non-hydrogen) atoms. The van der Waals surface area contributed by atoms with E-state index in [1.165, 1.54) is 17.4 Å². The van der Waals surface area contributed by atoms with Crippen molar-refractivity contribution in [3.05, 3.63) is 43.6 Å². The highest BCUT2D eigenvalue weighted by molar-refractivity contribution is 14.1. The maximum atomic E-state index is 14.5. The van der Waals surface area contributed by atoms with E-state index in [-0.39, 0.29) is 28.3 Å². The number of fused-ring (bicyclic) bond motifs is 1. The Kier molecular flexibility index (Phi) is 6.97. The van der Waals surface area contributed by atoms with E-state index in [4.69, 9.17) is 5.73 Å². The van der Waals surface area contributed by atoms with Gasteiger partial charge in [-0.2, -0.15) is 0 Å². The molecule has 2 aromatic rings. The van der Waals surface area contributed by atoms with Crippen molar-refractivity contribution in [2.24, 2.45) is 16.6 Å². The summed E-state index contributed by atoms with van der Waals surface area (Å²) in [5.74, 6) is -0.924. The summed E-state index contributed by atoms with van der Waals surface area (Å²) in [4.78, 5) is 26.6. The Morgan fingerprint density at radius 3 is 2.74 bits per heavy atom. The van der Waals surface area contributed by atoms with Crippen LogP contribution in [0.4, 0.5) is 15.1 Å². The fourth-order valence-corrected chi connectivity index (χ4v) is 4.88. The minimum Gasteiger partial charge on any atom is -0.351 e. The monoisotopic (exact) mass is 558 g/mol. The average molecular weight is 558 g/mol. The maximum absolute atomic E-state index is 14.5. The van der Waals surface area contributed by atoms with Crippen molar-refractivity contribution >= 4 is 56.4 Å². The number of nitrogens with one attached hydrogen (secondary N) is 3. The van der Waals surface area contributed by atoms with Crippen LogP contribution in [-0.4, -0.2) is 31.4 Å². The van der Waals surface area contributed by atoms with Crippen LogP contribution in [-0.2, 0) is 6.42 Å². The first kappa shape index (κ1) is 23.9. The van der Waals surface area contributed by atoms with E-state index in [9.17, 15) is 14.0 Å². The summed E-state index contributed by atoms with van der Waals surface area (Å²) in [6, 6.07) is 4.83. The van der Waals surface area contributed by atoms with Gasteiger partial charge in [0.05, 0.1) is 16.1 Å². The van der Waals surface area contributed by atoms with Crippen LogP contribution < -0.4 is 21.7 Å². The Morgan fingerprint density at radius 1 is 1.39 bits per heavy atom. The van der Waals surface area contributed by atoms with Crippen molar-refractivity contribution < 1.29 is 14.0 Å². The molecule has 2 amide bonds. The quantitative estimate of drug-likeness (QED) is 0.399. The van der Waals surface area contributed by atoms with Crippen LogP contribution in [0.15, 0.2) is 18.2 Å². The van der Waals surface area contributed by atoms with E-state index in [2.05, 4.69) is 16.0 Å². The molecule has 0 radical (unpaired) electrons. The predicted molar refractivity (Wildman–Crippen MR) is 132 cm³/mol. The zero-order chi connectivity index (χ0) is 23.0. The number of nitrogens with two attached hydrogens (primary N) is 1. The number of rotatable bonds is 6. The zero-order valence-corrected chi connectivity index (χ0v) is 21.1. The van der Waals surface area contributed by atoms with Crippen molar-refractivity contribution in [1.29, 1.82) is 0 Å². The van der Waals surface area contributed by atoms with Gasteiger partial charge >= 0.3 is 0 Å². The molecule has 9 heteroatoms. The van der Waals surface area contributed by atoms with Crippen LogP contribution >= 0.6 is 33.9 Å². The number of benzene rings is 1. The normalized spacial score (nSPS) is 15.6. The molecule has 1 aromatic heterocycles. The third-order valence-electron chi connectivity index (χ3n) is 5.28. The molecule has 0 saturated heterocycles. The first-order valence-corrected chi connectivity index (χ1v) is 12.0. The lowest BCUT2D eigenvalue weighted by Crippen LogP contribution is -2.38. The third kappa shape index (κ3) is 5.56. The minimum atomic E-state index is -0.420. The molecular formula is C22H28FIN4O2S. The van der Waals surface area contributed by atoms with Crippen molar-refractivity contribution in [3.8, 4) is 0 Å². The molecule has 0 saturated carbocycles. The van der Waals surface area contributed by atoms with Gasteiger partial charge in [0.25, 0.3) is 11.8 Å². The number of anilines is 2. The van der Waals surface area contributed by atoms with Gasteiger partial charge in [-0.3, -0.25) is 9.59 Å². The lowest BCUT2D eigenvalue weighted by atomic mass is 9.85. The van der Waals surface area contributed by atoms with Crippen molar-refractivity contribution in [2.45, 2.75) is 34.1 Å². The van der Waals surface area contributed by atoms with Gasteiger partial charge < -0.3 is 21.7 Å². The first-order valence-electron chi connectivity index (χ1n) is 10.1. The molecule has 0 aliphatic carbocycles. The van der Waals surface area contributed by atoms with Gasteiger partial charge in [0.15, 0.2) is 0 Å². The molecule has 5 N–H and O–H groups in total. The number of carbonyl (C=O) groups is 2. The molecule has 6 nitrogen and oxygen atoms in total. The largest absolute Gasteiger partial charge is 0.351 e. The van der Waals surface area contributed by atoms with E-state index >= 15 is 0 Å². The average Bonchev–Trinajstić information content (AvgIpc) is 2.98. The Morgan fingerprint density at radius 2 is 2.10 bits per heavy atom. The van der Waals surface area contributed by atoms with Crippen LogP contribution in [0.2, 0.25) is 0 Å². The molecule has 0 spiro atoms. The molecule has 2 heterocycles. The summed E-state index contributed by atoms with van der Waals surface area (Å²) in [5.41, 5.74) is 6.66. The molecule has 0 unspecified atom stereocenters. The van der Waals surface area contributed by atoms with Crippen molar-refractivity contribution in [1.82, 2.24) is 10.6 Å². The number of halogens is 2. The standard InChI is InChI=1S/C22H28FIN4O2S/c1-21(2)8-13-16(18(29)26-11-22(3,4)9-25)20(31-17(13)19(30)27-10-21)28-15-6-5-12(24)7-14(15)23/h5-7,28H,8-11,25H2,1-4H3,(H,26,29)(H,27,30). The number of thiophene rings is 1. The van der Waals surface area contributed by atoms with Crippen LogP contribution in [0.5, 0.6) is 0 Å². The summed E-state index contributed by atoms with van der Waals surface area (Å²) in [5, 5.41) is 9.42. The lowest BCUT2D eigenvalue weighted by molar-refractivity contribution is 0.0935. The van der Waals surface area contributed by atoms with Crippen LogP contribution in [0.1, 0.15) is 53.3 Å². The molecule has 3 rings (SSSR count). The topological polar surface area (TPSA) is 96.2 Å². The predicted octanol–water partition coefficient (Wildman–Crippen LogP) is 4.26. The summed E-state index contributed by atoms with van der Waals surface area (Å²) in [6.07, 6.45) is 0.553. The smallest absolute Gasteiger partial charge is 0.261 e. The fourth-order valence-electron chi connectivity index (χ4n) is 3.28. The van der Waals surface area contributed by atoms with Gasteiger partial charge in [0, 0.05) is 16.7 Å². The number of carbonyl (C=O) groups excluding carboxylic acids is 2.